The number of nitrogens with zero attached hydrogens (tertiary/aromatic N) is 2. The molecule has 1 aromatic carbocycles. The topological polar surface area (TPSA) is 56.1 Å². The second kappa shape index (κ2) is 5.19. The molecule has 1 aliphatic heterocycles. The maximum Gasteiger partial charge on any atom is 0.249 e. The first-order chi connectivity index (χ1) is 8.72. The van der Waals surface area contributed by atoms with Gasteiger partial charge in [-0.3, -0.25) is 9.69 Å². The lowest BCUT2D eigenvalue weighted by Crippen LogP contribution is -2.34. The molecule has 0 fully saturated rings. The average molecular weight is 243 g/mol. The minimum absolute atomic E-state index is 0.0262. The van der Waals surface area contributed by atoms with Crippen LogP contribution in [0.15, 0.2) is 18.2 Å². The number of likely N-dealkylation sites (N-methyl/N-ethyl adjacent to an activating group) is 1. The SMILES string of the molecule is CCNC1C(=O)N(CC#N)c2ccc(CC)cc21. The fourth-order valence-corrected chi connectivity index (χ4v) is 2.34. The number of amides is 1. The van der Waals surface area contributed by atoms with E-state index in [-0.39, 0.29) is 18.5 Å². The zero-order valence-corrected chi connectivity index (χ0v) is 10.7. The smallest absolute Gasteiger partial charge is 0.249 e. The maximum absolute atomic E-state index is 12.3. The van der Waals surface area contributed by atoms with E-state index in [0.717, 1.165) is 24.2 Å². The lowest BCUT2D eigenvalue weighted by atomic mass is 10.0. The van der Waals surface area contributed by atoms with Crippen molar-refractivity contribution in [1.82, 2.24) is 5.32 Å². The quantitative estimate of drug-likeness (QED) is 0.820. The number of carbonyl (C=O) groups excluding carboxylic acids is 1. The van der Waals surface area contributed by atoms with Crippen LogP contribution in [0.5, 0.6) is 0 Å². The molecule has 1 N–H and O–H groups in total. The molecule has 4 heteroatoms. The van der Waals surface area contributed by atoms with Gasteiger partial charge in [-0.1, -0.05) is 26.0 Å². The summed E-state index contributed by atoms with van der Waals surface area (Å²) < 4.78 is 0. The number of nitriles is 1. The molecule has 94 valence electrons. The monoisotopic (exact) mass is 243 g/mol. The van der Waals surface area contributed by atoms with Crippen LogP contribution in [0.2, 0.25) is 0 Å². The number of benzene rings is 1. The first-order valence-corrected chi connectivity index (χ1v) is 6.27. The van der Waals surface area contributed by atoms with Crippen LogP contribution in [0, 0.1) is 11.3 Å². The molecule has 4 nitrogen and oxygen atoms in total. The van der Waals surface area contributed by atoms with Crippen LogP contribution in [0.1, 0.15) is 31.0 Å². The Morgan fingerprint density at radius 1 is 1.44 bits per heavy atom. The highest BCUT2D eigenvalue weighted by Gasteiger charge is 2.36. The highest BCUT2D eigenvalue weighted by atomic mass is 16.2. The Balaban J connectivity index is 2.45. The van der Waals surface area contributed by atoms with Gasteiger partial charge in [-0.05, 0) is 24.6 Å². The van der Waals surface area contributed by atoms with Crippen LogP contribution in [0.4, 0.5) is 5.69 Å². The third-order valence-electron chi connectivity index (χ3n) is 3.25. The number of anilines is 1. The molecule has 1 amide bonds. The van der Waals surface area contributed by atoms with Crippen molar-refractivity contribution in [3.05, 3.63) is 29.3 Å². The second-order valence-electron chi connectivity index (χ2n) is 4.32. The van der Waals surface area contributed by atoms with Crippen molar-refractivity contribution in [3.63, 3.8) is 0 Å². The van der Waals surface area contributed by atoms with E-state index in [9.17, 15) is 4.79 Å². The number of hydrogen-bond acceptors (Lipinski definition) is 3. The molecular weight excluding hydrogens is 226 g/mol. The predicted molar refractivity (Wildman–Crippen MR) is 70.2 cm³/mol. The second-order valence-corrected chi connectivity index (χ2v) is 4.32. The molecule has 1 heterocycles. The normalized spacial score (nSPS) is 17.7. The number of nitrogens with one attached hydrogen (secondary N) is 1. The molecule has 0 radical (unpaired) electrons. The minimum atomic E-state index is -0.301. The average Bonchev–Trinajstić information content (AvgIpc) is 2.64. The van der Waals surface area contributed by atoms with Crippen LogP contribution in [-0.4, -0.2) is 19.0 Å². The van der Waals surface area contributed by atoms with Crippen molar-refractivity contribution in [3.8, 4) is 6.07 Å². The molecule has 0 aliphatic carbocycles. The van der Waals surface area contributed by atoms with Crippen molar-refractivity contribution in [1.29, 1.82) is 5.26 Å². The number of carbonyl (C=O) groups is 1. The lowest BCUT2D eigenvalue weighted by molar-refractivity contribution is -0.119. The number of rotatable bonds is 4. The third-order valence-corrected chi connectivity index (χ3v) is 3.25. The molecule has 0 saturated heterocycles. The van der Waals surface area contributed by atoms with Crippen LogP contribution < -0.4 is 10.2 Å². The van der Waals surface area contributed by atoms with Gasteiger partial charge in [0.05, 0.1) is 11.8 Å². The highest BCUT2D eigenvalue weighted by molar-refractivity contribution is 6.05. The van der Waals surface area contributed by atoms with Gasteiger partial charge in [0.1, 0.15) is 12.6 Å². The summed E-state index contributed by atoms with van der Waals surface area (Å²) in [6.07, 6.45) is 0.943. The van der Waals surface area contributed by atoms with E-state index < -0.39 is 0 Å². The summed E-state index contributed by atoms with van der Waals surface area (Å²) in [7, 11) is 0. The van der Waals surface area contributed by atoms with E-state index in [4.69, 9.17) is 5.26 Å². The van der Waals surface area contributed by atoms with E-state index in [1.807, 2.05) is 25.1 Å². The van der Waals surface area contributed by atoms with Crippen molar-refractivity contribution >= 4 is 11.6 Å². The van der Waals surface area contributed by atoms with Gasteiger partial charge in [-0.25, -0.2) is 0 Å². The number of fused-ring (bicyclic) bond motifs is 1. The molecule has 0 aromatic heterocycles. The van der Waals surface area contributed by atoms with E-state index in [0.29, 0.717) is 0 Å². The summed E-state index contributed by atoms with van der Waals surface area (Å²) in [6, 6.07) is 7.78. The fourth-order valence-electron chi connectivity index (χ4n) is 2.34. The molecule has 1 aromatic rings. The van der Waals surface area contributed by atoms with Gasteiger partial charge < -0.3 is 5.32 Å². The molecule has 0 bridgehead atoms. The lowest BCUT2D eigenvalue weighted by Gasteiger charge is -2.13. The summed E-state index contributed by atoms with van der Waals surface area (Å²) in [6.45, 7) is 4.91. The summed E-state index contributed by atoms with van der Waals surface area (Å²) in [4.78, 5) is 13.8. The molecular formula is C14H17N3O. The van der Waals surface area contributed by atoms with E-state index in [1.165, 1.54) is 5.56 Å². The van der Waals surface area contributed by atoms with Gasteiger partial charge in [-0.2, -0.15) is 5.26 Å². The van der Waals surface area contributed by atoms with E-state index in [2.05, 4.69) is 18.3 Å². The molecule has 1 atom stereocenters. The van der Waals surface area contributed by atoms with Crippen molar-refractivity contribution < 1.29 is 4.79 Å². The summed E-state index contributed by atoms with van der Waals surface area (Å²) in [5.74, 6) is -0.0262. The standard InChI is InChI=1S/C14H17N3O/c1-3-10-5-6-12-11(9-10)13(16-4-2)14(18)17(12)8-7-15/h5-6,9,13,16H,3-4,8H2,1-2H3. The van der Waals surface area contributed by atoms with Gasteiger partial charge in [0, 0.05) is 5.56 Å². The summed E-state index contributed by atoms with van der Waals surface area (Å²) in [5, 5.41) is 12.0. The van der Waals surface area contributed by atoms with Gasteiger partial charge in [-0.15, -0.1) is 0 Å². The molecule has 1 aliphatic rings. The first kappa shape index (κ1) is 12.6. The summed E-state index contributed by atoms with van der Waals surface area (Å²) >= 11 is 0. The Hall–Kier alpha value is -1.86. The Kier molecular flexibility index (Phi) is 3.63. The van der Waals surface area contributed by atoms with Crippen molar-refractivity contribution in [2.24, 2.45) is 0 Å². The first-order valence-electron chi connectivity index (χ1n) is 6.27. The van der Waals surface area contributed by atoms with Gasteiger partial charge >= 0.3 is 0 Å². The van der Waals surface area contributed by atoms with E-state index in [1.54, 1.807) is 4.90 Å². The van der Waals surface area contributed by atoms with Crippen molar-refractivity contribution in [2.45, 2.75) is 26.3 Å². The fraction of sp³-hybridized carbons (Fsp3) is 0.429. The van der Waals surface area contributed by atoms with Crippen molar-refractivity contribution in [2.75, 3.05) is 18.0 Å². The van der Waals surface area contributed by atoms with Gasteiger partial charge in [0.2, 0.25) is 5.91 Å². The Morgan fingerprint density at radius 2 is 2.22 bits per heavy atom. The van der Waals surface area contributed by atoms with Gasteiger partial charge in [0.25, 0.3) is 0 Å². The Morgan fingerprint density at radius 3 is 2.83 bits per heavy atom. The number of aryl methyl sites for hydroxylation is 1. The zero-order chi connectivity index (χ0) is 13.1. The Bertz CT molecular complexity index is 504. The minimum Gasteiger partial charge on any atom is -0.302 e. The molecule has 1 unspecified atom stereocenters. The molecule has 0 saturated carbocycles. The highest BCUT2D eigenvalue weighted by Crippen LogP contribution is 2.36. The summed E-state index contributed by atoms with van der Waals surface area (Å²) in [5.41, 5.74) is 3.07. The van der Waals surface area contributed by atoms with Crippen LogP contribution in [0.25, 0.3) is 0 Å². The maximum atomic E-state index is 12.3. The van der Waals surface area contributed by atoms with Crippen LogP contribution >= 0.6 is 0 Å². The van der Waals surface area contributed by atoms with Gasteiger partial charge in [0.15, 0.2) is 0 Å². The zero-order valence-electron chi connectivity index (χ0n) is 10.7. The van der Waals surface area contributed by atoms with Crippen LogP contribution in [-0.2, 0) is 11.2 Å². The predicted octanol–water partition coefficient (Wildman–Crippen LogP) is 1.77. The molecule has 2 rings (SSSR count). The number of hydrogen-bond donors (Lipinski definition) is 1. The largest absolute Gasteiger partial charge is 0.302 e. The molecule has 0 spiro atoms. The molecule has 18 heavy (non-hydrogen) atoms. The third kappa shape index (κ3) is 1.98. The van der Waals surface area contributed by atoms with Crippen LogP contribution in [0.3, 0.4) is 0 Å². The van der Waals surface area contributed by atoms with E-state index >= 15 is 0 Å². The Labute approximate surface area is 107 Å².